The van der Waals surface area contributed by atoms with Gasteiger partial charge in [0.05, 0.1) is 16.3 Å². The molecule has 8 nitrogen and oxygen atoms in total. The number of halogens is 1. The first kappa shape index (κ1) is 23.1. The largest absolute Gasteiger partial charge is 0.328 e. The highest BCUT2D eigenvalue weighted by atomic mass is 32.2. The number of thioether (sulfide) groups is 1. The summed E-state index contributed by atoms with van der Waals surface area (Å²) in [6.45, 7) is 1.78. The van der Waals surface area contributed by atoms with Crippen LogP contribution in [0.5, 0.6) is 0 Å². The lowest BCUT2D eigenvalue weighted by Gasteiger charge is -2.14. The fraction of sp³-hybridized carbons (Fsp3) is 0.211. The fourth-order valence-electron chi connectivity index (χ4n) is 2.42. The van der Waals surface area contributed by atoms with Crippen LogP contribution in [0, 0.1) is 12.7 Å². The van der Waals surface area contributed by atoms with Crippen LogP contribution in [0.3, 0.4) is 0 Å². The molecule has 0 bridgehead atoms. The van der Waals surface area contributed by atoms with E-state index in [0.717, 1.165) is 9.87 Å². The number of nitrogens with one attached hydrogen (secondary N) is 2. The Morgan fingerprint density at radius 2 is 1.90 bits per heavy atom. The summed E-state index contributed by atoms with van der Waals surface area (Å²) in [6, 6.07) is 10.8. The molecule has 0 unspecified atom stereocenters. The van der Waals surface area contributed by atoms with Crippen LogP contribution in [-0.2, 0) is 14.8 Å². The number of para-hydroxylation sites is 1. The minimum atomic E-state index is -3.61. The zero-order chi connectivity index (χ0) is 22.6. The Morgan fingerprint density at radius 1 is 1.16 bits per heavy atom. The molecule has 3 aromatic rings. The van der Waals surface area contributed by atoms with Crippen LogP contribution in [0.25, 0.3) is 0 Å². The zero-order valence-corrected chi connectivity index (χ0v) is 19.4. The lowest BCUT2D eigenvalue weighted by molar-refractivity contribution is -0.113. The minimum absolute atomic E-state index is 0.0540. The van der Waals surface area contributed by atoms with Crippen molar-refractivity contribution in [3.8, 4) is 0 Å². The van der Waals surface area contributed by atoms with Crippen molar-refractivity contribution in [1.29, 1.82) is 0 Å². The van der Waals surface area contributed by atoms with E-state index in [1.165, 1.54) is 55.4 Å². The van der Waals surface area contributed by atoms with Crippen molar-refractivity contribution >= 4 is 55.5 Å². The van der Waals surface area contributed by atoms with E-state index in [1.807, 2.05) is 0 Å². The molecule has 0 aliphatic rings. The second-order valence-corrected chi connectivity index (χ2v) is 10.9. The number of rotatable bonds is 8. The van der Waals surface area contributed by atoms with Gasteiger partial charge >= 0.3 is 0 Å². The standard InChI is InChI=1S/C19H20FN5O3S3/c1-12-8-9-13(31(27,28)25(2)3)10-16(12)21-17(26)11-29-19-24-23-18(30-19)22-15-7-5-4-6-14(15)20/h4-10H,11H2,1-3H3,(H,21,26)(H,22,23). The molecule has 2 N–H and O–H groups in total. The monoisotopic (exact) mass is 481 g/mol. The molecular weight excluding hydrogens is 461 g/mol. The molecule has 2 aromatic carbocycles. The quantitative estimate of drug-likeness (QED) is 0.473. The molecule has 0 radical (unpaired) electrons. The summed E-state index contributed by atoms with van der Waals surface area (Å²) in [6.07, 6.45) is 0. The van der Waals surface area contributed by atoms with Crippen molar-refractivity contribution in [3.05, 3.63) is 53.8 Å². The normalized spacial score (nSPS) is 11.5. The highest BCUT2D eigenvalue weighted by Gasteiger charge is 2.19. The van der Waals surface area contributed by atoms with E-state index >= 15 is 0 Å². The van der Waals surface area contributed by atoms with Crippen LogP contribution in [-0.4, -0.2) is 48.7 Å². The van der Waals surface area contributed by atoms with E-state index in [2.05, 4.69) is 20.8 Å². The second-order valence-electron chi connectivity index (χ2n) is 6.58. The topological polar surface area (TPSA) is 104 Å². The third-order valence-corrected chi connectivity index (χ3v) is 7.89. The van der Waals surface area contributed by atoms with E-state index < -0.39 is 15.8 Å². The van der Waals surface area contributed by atoms with Crippen molar-refractivity contribution < 1.29 is 17.6 Å². The summed E-state index contributed by atoms with van der Waals surface area (Å²) in [5, 5.41) is 13.9. The molecule has 0 aliphatic heterocycles. The average molecular weight is 482 g/mol. The molecular formula is C19H20FN5O3S3. The molecule has 1 aromatic heterocycles. The van der Waals surface area contributed by atoms with E-state index in [0.29, 0.717) is 15.2 Å². The predicted octanol–water partition coefficient (Wildman–Crippen LogP) is 3.71. The summed E-state index contributed by atoms with van der Waals surface area (Å²) >= 11 is 2.37. The number of sulfonamides is 1. The summed E-state index contributed by atoms with van der Waals surface area (Å²) in [5.74, 6) is -0.662. The highest BCUT2D eigenvalue weighted by molar-refractivity contribution is 8.01. The zero-order valence-electron chi connectivity index (χ0n) is 16.9. The van der Waals surface area contributed by atoms with Crippen LogP contribution in [0.2, 0.25) is 0 Å². The van der Waals surface area contributed by atoms with Gasteiger partial charge < -0.3 is 10.6 Å². The first-order valence-electron chi connectivity index (χ1n) is 8.97. The predicted molar refractivity (Wildman–Crippen MR) is 121 cm³/mol. The van der Waals surface area contributed by atoms with Gasteiger partial charge in [0.2, 0.25) is 21.1 Å². The Kier molecular flexibility index (Phi) is 7.26. The number of anilines is 3. The molecule has 0 spiro atoms. The first-order valence-corrected chi connectivity index (χ1v) is 12.2. The molecule has 3 rings (SSSR count). The van der Waals surface area contributed by atoms with E-state index in [-0.39, 0.29) is 22.2 Å². The second kappa shape index (κ2) is 9.73. The maximum atomic E-state index is 13.7. The van der Waals surface area contributed by atoms with E-state index in [4.69, 9.17) is 0 Å². The number of hydrogen-bond donors (Lipinski definition) is 2. The number of amides is 1. The SMILES string of the molecule is Cc1ccc(S(=O)(=O)N(C)C)cc1NC(=O)CSc1nnc(Nc2ccccc2F)s1. The molecule has 164 valence electrons. The summed E-state index contributed by atoms with van der Waals surface area (Å²) in [5.41, 5.74) is 1.45. The number of carbonyl (C=O) groups is 1. The molecule has 0 atom stereocenters. The highest BCUT2D eigenvalue weighted by Crippen LogP contribution is 2.29. The Hall–Kier alpha value is -2.54. The van der Waals surface area contributed by atoms with Gasteiger partial charge in [-0.3, -0.25) is 4.79 Å². The number of nitrogens with zero attached hydrogens (tertiary/aromatic N) is 3. The Labute approximate surface area is 187 Å². The molecule has 31 heavy (non-hydrogen) atoms. The van der Waals surface area contributed by atoms with E-state index in [1.54, 1.807) is 31.2 Å². The first-order chi connectivity index (χ1) is 14.7. The van der Waals surface area contributed by atoms with Gasteiger partial charge in [-0.2, -0.15) is 0 Å². The van der Waals surface area contributed by atoms with Crippen LogP contribution >= 0.6 is 23.1 Å². The molecule has 0 fully saturated rings. The van der Waals surface area contributed by atoms with Crippen molar-refractivity contribution in [2.45, 2.75) is 16.2 Å². The lowest BCUT2D eigenvalue weighted by atomic mass is 10.2. The van der Waals surface area contributed by atoms with Gasteiger partial charge in [0.1, 0.15) is 5.82 Å². The smallest absolute Gasteiger partial charge is 0.242 e. The summed E-state index contributed by atoms with van der Waals surface area (Å²) in [4.78, 5) is 12.5. The lowest BCUT2D eigenvalue weighted by Crippen LogP contribution is -2.22. The number of hydrogen-bond acceptors (Lipinski definition) is 8. The Bertz CT molecular complexity index is 1200. The van der Waals surface area contributed by atoms with Crippen molar-refractivity contribution in [2.75, 3.05) is 30.5 Å². The minimum Gasteiger partial charge on any atom is -0.328 e. The molecule has 12 heteroatoms. The van der Waals surface area contributed by atoms with Crippen LogP contribution in [0.4, 0.5) is 20.9 Å². The van der Waals surface area contributed by atoms with Crippen molar-refractivity contribution in [3.63, 3.8) is 0 Å². The van der Waals surface area contributed by atoms with Gasteiger partial charge in [-0.1, -0.05) is 41.3 Å². The average Bonchev–Trinajstić information content (AvgIpc) is 3.17. The number of benzene rings is 2. The van der Waals surface area contributed by atoms with Gasteiger partial charge in [-0.15, -0.1) is 10.2 Å². The van der Waals surface area contributed by atoms with Gasteiger partial charge in [0.25, 0.3) is 0 Å². The third-order valence-electron chi connectivity index (χ3n) is 4.11. The summed E-state index contributed by atoms with van der Waals surface area (Å²) in [7, 11) is -0.715. The fourth-order valence-corrected chi connectivity index (χ4v) is 4.91. The Morgan fingerprint density at radius 3 is 2.61 bits per heavy atom. The number of carbonyl (C=O) groups excluding carboxylic acids is 1. The van der Waals surface area contributed by atoms with Crippen molar-refractivity contribution in [2.24, 2.45) is 0 Å². The van der Waals surface area contributed by atoms with Crippen LogP contribution < -0.4 is 10.6 Å². The number of aryl methyl sites for hydroxylation is 1. The Balaban J connectivity index is 1.61. The molecule has 0 saturated heterocycles. The third kappa shape index (κ3) is 5.79. The van der Waals surface area contributed by atoms with Gasteiger partial charge in [0.15, 0.2) is 4.34 Å². The number of aromatic nitrogens is 2. The van der Waals surface area contributed by atoms with E-state index in [9.17, 15) is 17.6 Å². The molecule has 0 saturated carbocycles. The van der Waals surface area contributed by atoms with Crippen LogP contribution in [0.1, 0.15) is 5.56 Å². The molecule has 1 heterocycles. The van der Waals surface area contributed by atoms with Gasteiger partial charge in [-0.25, -0.2) is 17.1 Å². The van der Waals surface area contributed by atoms with Crippen LogP contribution in [0.15, 0.2) is 51.7 Å². The maximum Gasteiger partial charge on any atom is 0.242 e. The summed E-state index contributed by atoms with van der Waals surface area (Å²) < 4.78 is 40.0. The molecule has 1 amide bonds. The van der Waals surface area contributed by atoms with Crippen molar-refractivity contribution in [1.82, 2.24) is 14.5 Å². The molecule has 0 aliphatic carbocycles. The maximum absolute atomic E-state index is 13.7. The van der Waals surface area contributed by atoms with Gasteiger partial charge in [0, 0.05) is 19.8 Å². The van der Waals surface area contributed by atoms with Gasteiger partial charge in [-0.05, 0) is 36.8 Å².